The number of rotatable bonds is 8. The van der Waals surface area contributed by atoms with Crippen molar-refractivity contribution in [1.29, 1.82) is 0 Å². The van der Waals surface area contributed by atoms with Crippen LogP contribution in [0.5, 0.6) is 0 Å². The lowest BCUT2D eigenvalue weighted by Crippen LogP contribution is -2.48. The molecule has 0 aliphatic carbocycles. The zero-order chi connectivity index (χ0) is 17.6. The smallest absolute Gasteiger partial charge is 0.335 e. The average Bonchev–Trinajstić information content (AvgIpc) is 2.55. The van der Waals surface area contributed by atoms with E-state index in [9.17, 15) is 14.3 Å². The molecule has 134 valence electrons. The number of nitrogens with one attached hydrogen (secondary N) is 1. The number of carboxylic acids is 1. The lowest BCUT2D eigenvalue weighted by Gasteiger charge is -2.31. The van der Waals surface area contributed by atoms with Gasteiger partial charge < -0.3 is 20.1 Å². The van der Waals surface area contributed by atoms with Gasteiger partial charge in [0, 0.05) is 18.7 Å². The van der Waals surface area contributed by atoms with E-state index in [0.29, 0.717) is 19.3 Å². The summed E-state index contributed by atoms with van der Waals surface area (Å²) in [4.78, 5) is 20.8. The van der Waals surface area contributed by atoms with Gasteiger partial charge in [-0.2, -0.15) is 0 Å². The van der Waals surface area contributed by atoms with Crippen LogP contribution in [-0.4, -0.2) is 53.6 Å². The van der Waals surface area contributed by atoms with Crippen LogP contribution < -0.4 is 5.32 Å². The molecule has 7 heteroatoms. The number of hydrogen-bond acceptors (Lipinski definition) is 4. The second-order valence-electron chi connectivity index (χ2n) is 6.37. The molecule has 1 aliphatic heterocycles. The number of aromatic carboxylic acids is 1. The quantitative estimate of drug-likeness (QED) is 0.620. The fraction of sp³-hybridized carbons (Fsp3) is 0.588. The van der Waals surface area contributed by atoms with Crippen molar-refractivity contribution in [3.63, 3.8) is 0 Å². The van der Waals surface area contributed by atoms with Gasteiger partial charge in [-0.3, -0.25) is 4.57 Å². The standard InChI is InChI=1S/C17H26NO5P/c1-2-3-8-24(21,22)12-16-10-18-15(11-23-16)9-13-4-6-14(7-5-13)17(19)20/h4-7,15-16,18H,2-3,8-12H2,1H3,(H,19,20)(H,21,22). The van der Waals surface area contributed by atoms with E-state index in [0.717, 1.165) is 24.8 Å². The Morgan fingerprint density at radius 1 is 1.38 bits per heavy atom. The lowest BCUT2D eigenvalue weighted by atomic mass is 10.0. The van der Waals surface area contributed by atoms with Crippen molar-refractivity contribution in [2.75, 3.05) is 25.5 Å². The monoisotopic (exact) mass is 355 g/mol. The van der Waals surface area contributed by atoms with Gasteiger partial charge in [-0.25, -0.2) is 4.79 Å². The van der Waals surface area contributed by atoms with Crippen molar-refractivity contribution in [3.05, 3.63) is 35.4 Å². The van der Waals surface area contributed by atoms with Crippen LogP contribution in [0.2, 0.25) is 0 Å². The van der Waals surface area contributed by atoms with Gasteiger partial charge in [-0.05, 0) is 30.5 Å². The number of morpholine rings is 1. The Kier molecular flexibility index (Phi) is 6.99. The van der Waals surface area contributed by atoms with Gasteiger partial charge >= 0.3 is 5.97 Å². The molecule has 3 unspecified atom stereocenters. The number of ether oxygens (including phenoxy) is 1. The minimum Gasteiger partial charge on any atom is -0.478 e. The summed E-state index contributed by atoms with van der Waals surface area (Å²) in [5.74, 6) is -0.931. The molecule has 6 nitrogen and oxygen atoms in total. The molecule has 0 saturated carbocycles. The van der Waals surface area contributed by atoms with Crippen LogP contribution >= 0.6 is 7.37 Å². The molecule has 3 atom stereocenters. The highest BCUT2D eigenvalue weighted by Crippen LogP contribution is 2.42. The van der Waals surface area contributed by atoms with Crippen LogP contribution in [0.1, 0.15) is 35.7 Å². The third kappa shape index (κ3) is 6.02. The number of carboxylic acid groups (broad SMARTS) is 1. The fourth-order valence-electron chi connectivity index (χ4n) is 2.80. The van der Waals surface area contributed by atoms with E-state index in [1.807, 2.05) is 19.1 Å². The minimum absolute atomic E-state index is 0.130. The molecular weight excluding hydrogens is 329 g/mol. The maximum atomic E-state index is 12.1. The van der Waals surface area contributed by atoms with Gasteiger partial charge in [0.15, 0.2) is 0 Å². The summed E-state index contributed by atoms with van der Waals surface area (Å²) in [7, 11) is -3.10. The van der Waals surface area contributed by atoms with Crippen molar-refractivity contribution in [2.24, 2.45) is 0 Å². The van der Waals surface area contributed by atoms with E-state index in [4.69, 9.17) is 9.84 Å². The average molecular weight is 355 g/mol. The maximum absolute atomic E-state index is 12.1. The highest BCUT2D eigenvalue weighted by atomic mass is 31.2. The molecule has 1 heterocycles. The number of benzene rings is 1. The normalized spacial score (nSPS) is 23.6. The van der Waals surface area contributed by atoms with Crippen LogP contribution in [0.25, 0.3) is 0 Å². The first-order chi connectivity index (χ1) is 11.4. The first-order valence-corrected chi connectivity index (χ1v) is 10.4. The largest absolute Gasteiger partial charge is 0.478 e. The molecule has 0 spiro atoms. The second-order valence-corrected chi connectivity index (χ2v) is 8.88. The van der Waals surface area contributed by atoms with Crippen molar-refractivity contribution in [3.8, 4) is 0 Å². The molecule has 0 amide bonds. The van der Waals surface area contributed by atoms with E-state index in [1.54, 1.807) is 12.1 Å². The molecule has 24 heavy (non-hydrogen) atoms. The fourth-order valence-corrected chi connectivity index (χ4v) is 4.66. The third-order valence-corrected chi connectivity index (χ3v) is 6.19. The molecule has 0 aromatic heterocycles. The van der Waals surface area contributed by atoms with Crippen molar-refractivity contribution in [1.82, 2.24) is 5.32 Å². The van der Waals surface area contributed by atoms with Crippen LogP contribution in [0.3, 0.4) is 0 Å². The van der Waals surface area contributed by atoms with Gasteiger partial charge in [0.05, 0.1) is 24.4 Å². The van der Waals surface area contributed by atoms with Crippen molar-refractivity contribution in [2.45, 2.75) is 38.3 Å². The Hall–Kier alpha value is -1.20. The molecule has 1 aliphatic rings. The summed E-state index contributed by atoms with van der Waals surface area (Å²) in [5.41, 5.74) is 1.31. The Labute approximate surface area is 142 Å². The molecule has 0 bridgehead atoms. The highest BCUT2D eigenvalue weighted by molar-refractivity contribution is 7.58. The Balaban J connectivity index is 1.78. The number of unbranched alkanes of at least 4 members (excludes halogenated alkanes) is 1. The van der Waals surface area contributed by atoms with Crippen molar-refractivity contribution < 1.29 is 24.1 Å². The molecular formula is C17H26NO5P. The van der Waals surface area contributed by atoms with Gasteiger partial charge in [0.1, 0.15) is 0 Å². The van der Waals surface area contributed by atoms with Crippen LogP contribution in [0.15, 0.2) is 24.3 Å². The number of carbonyl (C=O) groups is 1. The number of hydrogen-bond donors (Lipinski definition) is 3. The SMILES string of the molecule is CCCCP(=O)(O)CC1CNC(Cc2ccc(C(=O)O)cc2)CO1. The molecule has 3 N–H and O–H groups in total. The summed E-state index contributed by atoms with van der Waals surface area (Å²) in [6, 6.07) is 6.94. The highest BCUT2D eigenvalue weighted by Gasteiger charge is 2.28. The molecule has 1 aromatic rings. The Morgan fingerprint density at radius 2 is 2.08 bits per heavy atom. The summed E-state index contributed by atoms with van der Waals surface area (Å²) in [5, 5.41) is 12.3. The summed E-state index contributed by atoms with van der Waals surface area (Å²) in [6.45, 7) is 3.06. The Bertz CT molecular complexity index is 581. The van der Waals surface area contributed by atoms with Crippen molar-refractivity contribution >= 4 is 13.3 Å². The third-order valence-electron chi connectivity index (χ3n) is 4.20. The molecule has 1 fully saturated rings. The molecule has 1 saturated heterocycles. The van der Waals surface area contributed by atoms with Gasteiger partial charge in [-0.1, -0.05) is 25.5 Å². The first kappa shape index (κ1) is 19.1. The zero-order valence-corrected chi connectivity index (χ0v) is 14.9. The maximum Gasteiger partial charge on any atom is 0.335 e. The van der Waals surface area contributed by atoms with E-state index >= 15 is 0 Å². The predicted molar refractivity (Wildman–Crippen MR) is 93.1 cm³/mol. The topological polar surface area (TPSA) is 95.9 Å². The second kappa shape index (κ2) is 8.77. The van der Waals surface area contributed by atoms with Gasteiger partial charge in [0.25, 0.3) is 0 Å². The van der Waals surface area contributed by atoms with Crippen LogP contribution in [0, 0.1) is 0 Å². The molecule has 0 radical (unpaired) electrons. The van der Waals surface area contributed by atoms with E-state index in [1.165, 1.54) is 0 Å². The van der Waals surface area contributed by atoms with Crippen LogP contribution in [-0.2, 0) is 15.7 Å². The lowest BCUT2D eigenvalue weighted by molar-refractivity contribution is 0.0163. The first-order valence-electron chi connectivity index (χ1n) is 8.37. The predicted octanol–water partition coefficient (Wildman–Crippen LogP) is 2.35. The van der Waals surface area contributed by atoms with E-state index in [-0.39, 0.29) is 23.9 Å². The summed E-state index contributed by atoms with van der Waals surface area (Å²) >= 11 is 0. The summed E-state index contributed by atoms with van der Waals surface area (Å²) in [6.07, 6.45) is 2.77. The van der Waals surface area contributed by atoms with Crippen LogP contribution in [0.4, 0.5) is 0 Å². The van der Waals surface area contributed by atoms with Gasteiger partial charge in [0.2, 0.25) is 7.37 Å². The van der Waals surface area contributed by atoms with E-state index in [2.05, 4.69) is 5.32 Å². The molecule has 2 rings (SSSR count). The molecule has 1 aromatic carbocycles. The Morgan fingerprint density at radius 3 is 2.62 bits per heavy atom. The minimum atomic E-state index is -3.10. The zero-order valence-electron chi connectivity index (χ0n) is 14.0. The van der Waals surface area contributed by atoms with E-state index < -0.39 is 13.3 Å². The summed E-state index contributed by atoms with van der Waals surface area (Å²) < 4.78 is 17.9. The van der Waals surface area contributed by atoms with Gasteiger partial charge in [-0.15, -0.1) is 0 Å².